The summed E-state index contributed by atoms with van der Waals surface area (Å²) in [5.74, 6) is -0.455. The van der Waals surface area contributed by atoms with Crippen LogP contribution in [0.1, 0.15) is 36.2 Å². The second kappa shape index (κ2) is 12.2. The number of aliphatic hydroxyl groups excluding tert-OH is 1. The van der Waals surface area contributed by atoms with E-state index in [2.05, 4.69) is 25.9 Å². The lowest BCUT2D eigenvalue weighted by atomic mass is 9.96. The minimum atomic E-state index is -1.08. The van der Waals surface area contributed by atoms with Crippen molar-refractivity contribution in [2.45, 2.75) is 37.3 Å². The Labute approximate surface area is 225 Å². The van der Waals surface area contributed by atoms with Gasteiger partial charge in [-0.05, 0) is 24.3 Å². The van der Waals surface area contributed by atoms with Gasteiger partial charge in [-0.15, -0.1) is 0 Å². The Morgan fingerprint density at radius 1 is 1.05 bits per heavy atom. The molecule has 0 spiro atoms. The van der Waals surface area contributed by atoms with Gasteiger partial charge in [0.25, 0.3) is 5.91 Å². The number of amides is 2. The van der Waals surface area contributed by atoms with Gasteiger partial charge in [-0.1, -0.05) is 60.8 Å². The molecule has 0 bridgehead atoms. The molecule has 2 amide bonds. The maximum Gasteiger partial charge on any atom is 0.274 e. The van der Waals surface area contributed by atoms with Crippen LogP contribution in [0.5, 0.6) is 5.75 Å². The van der Waals surface area contributed by atoms with Gasteiger partial charge in [0.05, 0.1) is 0 Å². The molecular formula is C26H32ClN7O4. The quantitative estimate of drug-likeness (QED) is 0.197. The summed E-state index contributed by atoms with van der Waals surface area (Å²) in [5.41, 5.74) is 10.1. The minimum absolute atomic E-state index is 0.0771. The number of ether oxygens (including phenoxy) is 1. The number of carbonyl (C=O) groups excluding carboxylic acids is 2. The molecule has 1 unspecified atom stereocenters. The molecule has 1 fully saturated rings. The molecule has 4 rings (SSSR count). The number of anilines is 2. The molecule has 2 aromatic carbocycles. The Balaban J connectivity index is 1.22. The molecule has 1 aliphatic carbocycles. The van der Waals surface area contributed by atoms with Crippen LogP contribution in [-0.2, 0) is 4.79 Å². The van der Waals surface area contributed by atoms with Crippen LogP contribution >= 0.6 is 11.6 Å². The summed E-state index contributed by atoms with van der Waals surface area (Å²) in [6.07, 6.45) is 1.82. The minimum Gasteiger partial charge on any atom is -0.490 e. The maximum absolute atomic E-state index is 13.1. The lowest BCUT2D eigenvalue weighted by molar-refractivity contribution is -0.127. The van der Waals surface area contributed by atoms with Crippen molar-refractivity contribution in [3.8, 4) is 5.75 Å². The van der Waals surface area contributed by atoms with Crippen LogP contribution in [0.25, 0.3) is 10.8 Å². The maximum atomic E-state index is 13.1. The van der Waals surface area contributed by atoms with Crippen molar-refractivity contribution in [1.29, 1.82) is 0 Å². The number of nitrogens with one attached hydrogen (secondary N) is 3. The van der Waals surface area contributed by atoms with Gasteiger partial charge in [0.1, 0.15) is 24.0 Å². The third-order valence-corrected chi connectivity index (χ3v) is 6.79. The van der Waals surface area contributed by atoms with Gasteiger partial charge in [-0.25, -0.2) is 9.97 Å². The molecule has 8 N–H and O–H groups in total. The van der Waals surface area contributed by atoms with Gasteiger partial charge in [0.15, 0.2) is 22.5 Å². The Bertz CT molecular complexity index is 1290. The van der Waals surface area contributed by atoms with Gasteiger partial charge < -0.3 is 37.3 Å². The van der Waals surface area contributed by atoms with Crippen LogP contribution in [0.3, 0.4) is 0 Å². The number of fused-ring (bicyclic) bond motifs is 1. The van der Waals surface area contributed by atoms with Gasteiger partial charge in [0.2, 0.25) is 5.91 Å². The van der Waals surface area contributed by atoms with Crippen molar-refractivity contribution in [2.75, 3.05) is 37.7 Å². The lowest BCUT2D eigenvalue weighted by Gasteiger charge is -2.29. The molecule has 1 atom stereocenters. The average Bonchev–Trinajstić information content (AvgIpc) is 3.38. The average molecular weight is 542 g/mol. The number of hydrogen-bond acceptors (Lipinski definition) is 9. The first kappa shape index (κ1) is 27.4. The molecule has 12 heteroatoms. The van der Waals surface area contributed by atoms with Crippen molar-refractivity contribution in [2.24, 2.45) is 0 Å². The smallest absolute Gasteiger partial charge is 0.274 e. The summed E-state index contributed by atoms with van der Waals surface area (Å²) in [6.45, 7) is 1.15. The standard InChI is InChI=1S/C26H32ClN7O4/c27-21-23(29)33-22(28)20(32-21)24(36)34-26(10-3-4-11-26)25(37)31-13-12-30-14-17(35)15-38-19-9-5-7-16-6-1-2-8-18(16)19/h1-2,5-9,17,30,35H,3-4,10-15H2,(H,31,37)(H,34,36)(H4,28,29,33). The molecule has 1 aromatic heterocycles. The number of halogens is 1. The third kappa shape index (κ3) is 6.42. The second-order valence-corrected chi connectivity index (χ2v) is 9.64. The Morgan fingerprint density at radius 3 is 2.58 bits per heavy atom. The van der Waals surface area contributed by atoms with E-state index in [9.17, 15) is 14.7 Å². The van der Waals surface area contributed by atoms with Gasteiger partial charge >= 0.3 is 0 Å². The summed E-state index contributed by atoms with van der Waals surface area (Å²) in [6, 6.07) is 13.7. The first-order chi connectivity index (χ1) is 18.3. The van der Waals surface area contributed by atoms with Crippen LogP contribution in [0.15, 0.2) is 42.5 Å². The third-order valence-electron chi connectivity index (χ3n) is 6.51. The number of aromatic nitrogens is 2. The van der Waals surface area contributed by atoms with Crippen LogP contribution in [0, 0.1) is 0 Å². The Morgan fingerprint density at radius 2 is 1.79 bits per heavy atom. The highest BCUT2D eigenvalue weighted by Gasteiger charge is 2.43. The first-order valence-electron chi connectivity index (χ1n) is 12.5. The van der Waals surface area contributed by atoms with E-state index in [0.717, 1.165) is 23.6 Å². The van der Waals surface area contributed by atoms with Crippen LogP contribution in [0.2, 0.25) is 5.15 Å². The number of nitrogens with two attached hydrogens (primary N) is 2. The molecule has 1 aliphatic rings. The summed E-state index contributed by atoms with van der Waals surface area (Å²) in [4.78, 5) is 33.7. The zero-order valence-electron chi connectivity index (χ0n) is 20.9. The van der Waals surface area contributed by atoms with Crippen molar-refractivity contribution in [3.63, 3.8) is 0 Å². The van der Waals surface area contributed by atoms with Crippen LogP contribution < -0.4 is 32.2 Å². The normalized spacial score (nSPS) is 15.2. The van der Waals surface area contributed by atoms with Gasteiger partial charge in [-0.3, -0.25) is 9.59 Å². The number of nitrogens with zero attached hydrogens (tertiary/aromatic N) is 2. The highest BCUT2D eigenvalue weighted by Crippen LogP contribution is 2.31. The Hall–Kier alpha value is -3.67. The van der Waals surface area contributed by atoms with Gasteiger partial charge in [0, 0.05) is 25.0 Å². The first-order valence-corrected chi connectivity index (χ1v) is 12.9. The van der Waals surface area contributed by atoms with E-state index in [4.69, 9.17) is 27.8 Å². The molecule has 3 aromatic rings. The molecular weight excluding hydrogens is 510 g/mol. The number of nitrogen functional groups attached to an aromatic ring is 2. The molecule has 11 nitrogen and oxygen atoms in total. The zero-order chi connectivity index (χ0) is 27.1. The van der Waals surface area contributed by atoms with E-state index in [1.165, 1.54) is 0 Å². The van der Waals surface area contributed by atoms with Crippen molar-refractivity contribution < 1.29 is 19.4 Å². The van der Waals surface area contributed by atoms with E-state index in [0.29, 0.717) is 38.2 Å². The fraction of sp³-hybridized carbons (Fsp3) is 0.385. The fourth-order valence-electron chi connectivity index (χ4n) is 4.54. The van der Waals surface area contributed by atoms with Crippen molar-refractivity contribution >= 4 is 45.8 Å². The molecule has 38 heavy (non-hydrogen) atoms. The van der Waals surface area contributed by atoms with E-state index in [-0.39, 0.29) is 35.0 Å². The summed E-state index contributed by atoms with van der Waals surface area (Å²) in [7, 11) is 0. The van der Waals surface area contributed by atoms with Crippen molar-refractivity contribution in [1.82, 2.24) is 25.9 Å². The van der Waals surface area contributed by atoms with Crippen molar-refractivity contribution in [3.05, 3.63) is 53.3 Å². The topological polar surface area (TPSA) is 178 Å². The molecule has 1 heterocycles. The molecule has 0 saturated heterocycles. The number of carbonyl (C=O) groups is 2. The lowest BCUT2D eigenvalue weighted by Crippen LogP contribution is -2.58. The number of aliphatic hydroxyl groups is 1. The van der Waals surface area contributed by atoms with Crippen LogP contribution in [-0.4, -0.2) is 64.8 Å². The second-order valence-electron chi connectivity index (χ2n) is 9.28. The van der Waals surface area contributed by atoms with E-state index < -0.39 is 17.6 Å². The molecule has 1 saturated carbocycles. The number of benzene rings is 2. The van der Waals surface area contributed by atoms with E-state index >= 15 is 0 Å². The summed E-state index contributed by atoms with van der Waals surface area (Å²) < 4.78 is 5.82. The van der Waals surface area contributed by atoms with E-state index in [1.54, 1.807) is 0 Å². The fourth-order valence-corrected chi connectivity index (χ4v) is 4.67. The highest BCUT2D eigenvalue weighted by molar-refractivity contribution is 6.31. The van der Waals surface area contributed by atoms with Gasteiger partial charge in [-0.2, -0.15) is 0 Å². The summed E-state index contributed by atoms with van der Waals surface area (Å²) in [5, 5.41) is 21.0. The highest BCUT2D eigenvalue weighted by atomic mass is 35.5. The monoisotopic (exact) mass is 541 g/mol. The zero-order valence-corrected chi connectivity index (χ0v) is 21.6. The number of rotatable bonds is 11. The van der Waals surface area contributed by atoms with Crippen LogP contribution in [0.4, 0.5) is 11.6 Å². The summed E-state index contributed by atoms with van der Waals surface area (Å²) >= 11 is 5.89. The molecule has 0 aliphatic heterocycles. The van der Waals surface area contributed by atoms with E-state index in [1.807, 2.05) is 42.5 Å². The largest absolute Gasteiger partial charge is 0.490 e. The predicted octanol–water partition coefficient (Wildman–Crippen LogP) is 1.64. The number of hydrogen-bond donors (Lipinski definition) is 6. The molecule has 202 valence electrons. The SMILES string of the molecule is Nc1nc(N)c(C(=O)NC2(C(=O)NCCNCC(O)COc3cccc4ccccc34)CCCC2)nc1Cl. The molecule has 0 radical (unpaired) electrons. The predicted molar refractivity (Wildman–Crippen MR) is 146 cm³/mol. The Kier molecular flexibility index (Phi) is 8.82.